The van der Waals surface area contributed by atoms with E-state index in [0.717, 1.165) is 6.42 Å². The van der Waals surface area contributed by atoms with Crippen LogP contribution >= 0.6 is 0 Å². The van der Waals surface area contributed by atoms with Gasteiger partial charge in [-0.1, -0.05) is 0 Å². The molecule has 1 aliphatic carbocycles. The van der Waals surface area contributed by atoms with Crippen LogP contribution in [0.1, 0.15) is 42.6 Å². The second-order valence-corrected chi connectivity index (χ2v) is 8.46. The number of carbonyl (C=O) groups is 1. The molecule has 1 aromatic heterocycles. The van der Waals surface area contributed by atoms with E-state index in [0.29, 0.717) is 48.7 Å². The summed E-state index contributed by atoms with van der Waals surface area (Å²) < 4.78 is 22.9. The number of hydrogen-bond acceptors (Lipinski definition) is 5. The molecule has 7 nitrogen and oxygen atoms in total. The first-order valence-corrected chi connectivity index (χ1v) is 10.1. The van der Waals surface area contributed by atoms with Crippen molar-refractivity contribution in [3.05, 3.63) is 33.9 Å². The normalized spacial score (nSPS) is 23.7. The maximum atomic E-state index is 15.3. The number of halogens is 1. The van der Waals surface area contributed by atoms with Crippen molar-refractivity contribution in [1.82, 2.24) is 9.47 Å². The van der Waals surface area contributed by atoms with Crippen LogP contribution in [0.2, 0.25) is 0 Å². The highest BCUT2D eigenvalue weighted by molar-refractivity contribution is 5.97. The smallest absolute Gasteiger partial charge is 0.341 e. The molecule has 0 spiro atoms. The highest BCUT2D eigenvalue weighted by atomic mass is 19.1. The SMILES string of the molecule is C[C@H]1COc2c(N3CC[C@@H](N(C)C4CC4)C3)c(F)cc3c(=O)c(C(=O)O)cn1c23. The van der Waals surface area contributed by atoms with Crippen molar-refractivity contribution in [3.63, 3.8) is 0 Å². The molecule has 5 rings (SSSR count). The Labute approximate surface area is 167 Å². The molecule has 154 valence electrons. The van der Waals surface area contributed by atoms with Crippen molar-refractivity contribution in [2.24, 2.45) is 0 Å². The Morgan fingerprint density at radius 3 is 2.76 bits per heavy atom. The molecule has 2 atom stereocenters. The second kappa shape index (κ2) is 6.45. The zero-order chi connectivity index (χ0) is 20.4. The van der Waals surface area contributed by atoms with E-state index in [1.165, 1.54) is 25.1 Å². The monoisotopic (exact) mass is 401 g/mol. The molecule has 0 radical (unpaired) electrons. The minimum Gasteiger partial charge on any atom is -0.487 e. The highest BCUT2D eigenvalue weighted by Gasteiger charge is 2.37. The van der Waals surface area contributed by atoms with Crippen molar-refractivity contribution < 1.29 is 19.0 Å². The van der Waals surface area contributed by atoms with Gasteiger partial charge in [0.25, 0.3) is 0 Å². The molecule has 1 saturated heterocycles. The Morgan fingerprint density at radius 1 is 1.31 bits per heavy atom. The van der Waals surface area contributed by atoms with Gasteiger partial charge in [0.15, 0.2) is 11.6 Å². The highest BCUT2D eigenvalue weighted by Crippen LogP contribution is 2.43. The van der Waals surface area contributed by atoms with E-state index < -0.39 is 17.2 Å². The molecule has 0 amide bonds. The Hall–Kier alpha value is -2.61. The molecule has 1 N–H and O–H groups in total. The van der Waals surface area contributed by atoms with E-state index >= 15 is 4.39 Å². The molecule has 0 bridgehead atoms. The van der Waals surface area contributed by atoms with Crippen LogP contribution < -0.4 is 15.1 Å². The van der Waals surface area contributed by atoms with E-state index in [4.69, 9.17) is 4.74 Å². The first-order chi connectivity index (χ1) is 13.9. The van der Waals surface area contributed by atoms with Gasteiger partial charge >= 0.3 is 5.97 Å². The minimum atomic E-state index is -1.31. The third-order valence-corrected chi connectivity index (χ3v) is 6.55. The quantitative estimate of drug-likeness (QED) is 0.848. The third-order valence-electron chi connectivity index (χ3n) is 6.55. The van der Waals surface area contributed by atoms with Gasteiger partial charge in [-0.25, -0.2) is 9.18 Å². The van der Waals surface area contributed by atoms with Gasteiger partial charge in [0.2, 0.25) is 5.43 Å². The summed E-state index contributed by atoms with van der Waals surface area (Å²) in [6.45, 7) is 3.60. The van der Waals surface area contributed by atoms with Gasteiger partial charge in [0, 0.05) is 31.4 Å². The van der Waals surface area contributed by atoms with Gasteiger partial charge in [-0.15, -0.1) is 0 Å². The fraction of sp³-hybridized carbons (Fsp3) is 0.524. The van der Waals surface area contributed by atoms with E-state index in [1.54, 1.807) is 4.57 Å². The second-order valence-electron chi connectivity index (χ2n) is 8.46. The number of nitrogens with zero attached hydrogens (tertiary/aromatic N) is 3. The lowest BCUT2D eigenvalue weighted by Gasteiger charge is -2.31. The third kappa shape index (κ3) is 2.80. The van der Waals surface area contributed by atoms with Crippen LogP contribution in [0.15, 0.2) is 17.1 Å². The fourth-order valence-electron chi connectivity index (χ4n) is 4.72. The van der Waals surface area contributed by atoms with Gasteiger partial charge < -0.3 is 19.3 Å². The maximum Gasteiger partial charge on any atom is 0.341 e. The average molecular weight is 401 g/mol. The topological polar surface area (TPSA) is 75.0 Å². The van der Waals surface area contributed by atoms with Crippen LogP contribution in [-0.2, 0) is 0 Å². The summed E-state index contributed by atoms with van der Waals surface area (Å²) in [7, 11) is 2.13. The van der Waals surface area contributed by atoms with Crippen molar-refractivity contribution in [2.45, 2.75) is 44.3 Å². The zero-order valence-electron chi connectivity index (χ0n) is 16.5. The number of ether oxygens (including phenoxy) is 1. The lowest BCUT2D eigenvalue weighted by Crippen LogP contribution is -2.36. The van der Waals surface area contributed by atoms with Crippen LogP contribution in [0.3, 0.4) is 0 Å². The van der Waals surface area contributed by atoms with Crippen LogP contribution in [0, 0.1) is 5.82 Å². The van der Waals surface area contributed by atoms with E-state index in [2.05, 4.69) is 11.9 Å². The number of rotatable bonds is 4. The first kappa shape index (κ1) is 18.4. The number of aromatic carboxylic acids is 1. The Bertz CT molecular complexity index is 1080. The number of benzene rings is 1. The Kier molecular flexibility index (Phi) is 4.10. The summed E-state index contributed by atoms with van der Waals surface area (Å²) in [4.78, 5) is 28.6. The molecular formula is C21H24FN3O4. The van der Waals surface area contributed by atoms with Crippen LogP contribution in [0.25, 0.3) is 10.9 Å². The van der Waals surface area contributed by atoms with Crippen molar-refractivity contribution in [3.8, 4) is 5.75 Å². The number of carboxylic acid groups (broad SMARTS) is 1. The Morgan fingerprint density at radius 2 is 2.07 bits per heavy atom. The summed E-state index contributed by atoms with van der Waals surface area (Å²) in [5, 5.41) is 9.45. The maximum absolute atomic E-state index is 15.3. The molecule has 1 saturated carbocycles. The summed E-state index contributed by atoms with van der Waals surface area (Å²) in [5.74, 6) is -1.50. The summed E-state index contributed by atoms with van der Waals surface area (Å²) in [6, 6.07) is 2.02. The summed E-state index contributed by atoms with van der Waals surface area (Å²) in [5.41, 5.74) is -0.168. The number of hydrogen-bond donors (Lipinski definition) is 1. The number of carboxylic acids is 1. The molecule has 8 heteroatoms. The van der Waals surface area contributed by atoms with Crippen molar-refractivity contribution in [2.75, 3.05) is 31.6 Å². The fourth-order valence-corrected chi connectivity index (χ4v) is 4.72. The molecular weight excluding hydrogens is 377 g/mol. The largest absolute Gasteiger partial charge is 0.487 e. The average Bonchev–Trinajstić information content (AvgIpc) is 3.42. The number of anilines is 1. The minimum absolute atomic E-state index is 0.0542. The predicted molar refractivity (Wildman–Crippen MR) is 107 cm³/mol. The summed E-state index contributed by atoms with van der Waals surface area (Å²) in [6.07, 6.45) is 4.76. The predicted octanol–water partition coefficient (Wildman–Crippen LogP) is 2.47. The van der Waals surface area contributed by atoms with Gasteiger partial charge in [-0.3, -0.25) is 9.69 Å². The first-order valence-electron chi connectivity index (χ1n) is 10.1. The van der Waals surface area contributed by atoms with Crippen LogP contribution in [0.5, 0.6) is 5.75 Å². The number of aromatic nitrogens is 1. The zero-order valence-corrected chi connectivity index (χ0v) is 16.5. The molecule has 3 heterocycles. The van der Waals surface area contributed by atoms with Gasteiger partial charge in [-0.05, 0) is 39.3 Å². The molecule has 3 aliphatic rings. The molecule has 2 aliphatic heterocycles. The molecule has 2 aromatic rings. The number of likely N-dealkylation sites (N-methyl/N-ethyl adjacent to an activating group) is 1. The number of pyridine rings is 1. The van der Waals surface area contributed by atoms with E-state index in [-0.39, 0.29) is 17.0 Å². The molecule has 2 fully saturated rings. The molecule has 0 unspecified atom stereocenters. The lowest BCUT2D eigenvalue weighted by molar-refractivity contribution is 0.0694. The van der Waals surface area contributed by atoms with Gasteiger partial charge in [0.1, 0.15) is 17.9 Å². The standard InChI is InChI=1S/C21H24FN3O4/c1-11-10-29-20-17-14(19(26)15(21(27)28)9-25(11)17)7-16(22)18(20)24-6-5-13(8-24)23(2)12-3-4-12/h7,9,11-13H,3-6,8,10H2,1-2H3,(H,27,28)/t11-,13+/m0/s1. The van der Waals surface area contributed by atoms with E-state index in [1.807, 2.05) is 11.8 Å². The van der Waals surface area contributed by atoms with Gasteiger partial charge in [0.05, 0.1) is 16.9 Å². The summed E-state index contributed by atoms with van der Waals surface area (Å²) >= 11 is 0. The molecule has 1 aromatic carbocycles. The Balaban J connectivity index is 1.65. The van der Waals surface area contributed by atoms with E-state index in [9.17, 15) is 14.7 Å². The molecule has 29 heavy (non-hydrogen) atoms. The van der Waals surface area contributed by atoms with Gasteiger partial charge in [-0.2, -0.15) is 0 Å². The lowest BCUT2D eigenvalue weighted by atomic mass is 10.1. The van der Waals surface area contributed by atoms with Crippen molar-refractivity contribution >= 4 is 22.6 Å². The van der Waals surface area contributed by atoms with Crippen LogP contribution in [-0.4, -0.2) is 59.4 Å². The van der Waals surface area contributed by atoms with Crippen LogP contribution in [0.4, 0.5) is 10.1 Å². The van der Waals surface area contributed by atoms with Crippen molar-refractivity contribution in [1.29, 1.82) is 0 Å².